The predicted octanol–water partition coefficient (Wildman–Crippen LogP) is 0.605. The van der Waals surface area contributed by atoms with Crippen LogP contribution in [0.2, 0.25) is 0 Å². The van der Waals surface area contributed by atoms with E-state index in [1.807, 2.05) is 0 Å². The minimum absolute atomic E-state index is 0.0431. The minimum Gasteiger partial charge on any atom is -0.481 e. The van der Waals surface area contributed by atoms with E-state index >= 15 is 0 Å². The first kappa shape index (κ1) is 12.3. The lowest BCUT2D eigenvalue weighted by atomic mass is 10.1. The standard InChI is InChI=1S/C12H13FN2O3/c13-8-2-1-3-9(4-8)15-7-11(16)14-6-10(15)5-12(17)18/h1-4,10H,5-7H2,(H,14,16)(H,17,18). The second-order valence-electron chi connectivity index (χ2n) is 4.16. The van der Waals surface area contributed by atoms with E-state index in [4.69, 9.17) is 5.11 Å². The summed E-state index contributed by atoms with van der Waals surface area (Å²) in [4.78, 5) is 23.8. The summed E-state index contributed by atoms with van der Waals surface area (Å²) in [6, 6.07) is 5.45. The summed E-state index contributed by atoms with van der Waals surface area (Å²) < 4.78 is 13.2. The van der Waals surface area contributed by atoms with Gasteiger partial charge in [0.1, 0.15) is 5.82 Å². The van der Waals surface area contributed by atoms with Crippen LogP contribution in [0, 0.1) is 5.82 Å². The van der Waals surface area contributed by atoms with Crippen molar-refractivity contribution in [2.75, 3.05) is 18.0 Å². The summed E-state index contributed by atoms with van der Waals surface area (Å²) in [5.41, 5.74) is 0.524. The van der Waals surface area contributed by atoms with Crippen molar-refractivity contribution in [3.63, 3.8) is 0 Å². The van der Waals surface area contributed by atoms with Crippen LogP contribution in [-0.4, -0.2) is 36.1 Å². The van der Waals surface area contributed by atoms with Crippen molar-refractivity contribution >= 4 is 17.6 Å². The lowest BCUT2D eigenvalue weighted by molar-refractivity contribution is -0.138. The first-order valence-electron chi connectivity index (χ1n) is 5.57. The number of nitrogens with one attached hydrogen (secondary N) is 1. The molecule has 2 N–H and O–H groups in total. The Morgan fingerprint density at radius 2 is 2.33 bits per heavy atom. The van der Waals surface area contributed by atoms with Gasteiger partial charge in [-0.05, 0) is 18.2 Å². The Labute approximate surface area is 103 Å². The smallest absolute Gasteiger partial charge is 0.305 e. The van der Waals surface area contributed by atoms with Gasteiger partial charge in [-0.1, -0.05) is 6.07 Å². The Morgan fingerprint density at radius 3 is 3.00 bits per heavy atom. The Bertz CT molecular complexity index is 478. The number of anilines is 1. The molecule has 1 unspecified atom stereocenters. The third-order valence-electron chi connectivity index (χ3n) is 2.84. The number of nitrogens with zero attached hydrogens (tertiary/aromatic N) is 1. The van der Waals surface area contributed by atoms with Crippen LogP contribution in [0.1, 0.15) is 6.42 Å². The first-order chi connectivity index (χ1) is 8.56. The molecule has 1 aliphatic rings. The van der Waals surface area contributed by atoms with Crippen molar-refractivity contribution in [2.24, 2.45) is 0 Å². The normalized spacial score (nSPS) is 19.5. The maximum absolute atomic E-state index is 13.2. The molecule has 1 atom stereocenters. The largest absolute Gasteiger partial charge is 0.481 e. The van der Waals surface area contributed by atoms with E-state index in [1.54, 1.807) is 11.0 Å². The zero-order valence-electron chi connectivity index (χ0n) is 9.60. The molecule has 1 aliphatic heterocycles. The van der Waals surface area contributed by atoms with Gasteiger partial charge in [0.25, 0.3) is 0 Å². The summed E-state index contributed by atoms with van der Waals surface area (Å²) >= 11 is 0. The average molecular weight is 252 g/mol. The van der Waals surface area contributed by atoms with Crippen molar-refractivity contribution in [1.29, 1.82) is 0 Å². The van der Waals surface area contributed by atoms with Crippen LogP contribution in [0.15, 0.2) is 24.3 Å². The molecule has 18 heavy (non-hydrogen) atoms. The molecule has 0 bridgehead atoms. The van der Waals surface area contributed by atoms with E-state index in [2.05, 4.69) is 5.32 Å². The number of piperazine rings is 1. The minimum atomic E-state index is -0.947. The highest BCUT2D eigenvalue weighted by Gasteiger charge is 2.28. The number of carboxylic acid groups (broad SMARTS) is 1. The average Bonchev–Trinajstić information content (AvgIpc) is 2.31. The predicted molar refractivity (Wildman–Crippen MR) is 62.8 cm³/mol. The van der Waals surface area contributed by atoms with Crippen LogP contribution in [0.5, 0.6) is 0 Å². The number of carbonyl (C=O) groups excluding carboxylic acids is 1. The molecule has 1 amide bonds. The monoisotopic (exact) mass is 252 g/mol. The van der Waals surface area contributed by atoms with Crippen molar-refractivity contribution in [3.8, 4) is 0 Å². The molecule has 1 aromatic carbocycles. The highest BCUT2D eigenvalue weighted by atomic mass is 19.1. The molecular formula is C12H13FN2O3. The molecule has 0 aliphatic carbocycles. The number of carboxylic acids is 1. The number of halogens is 1. The summed E-state index contributed by atoms with van der Waals surface area (Å²) in [7, 11) is 0. The molecule has 1 fully saturated rings. The SMILES string of the molecule is O=C(O)CC1CNC(=O)CN1c1cccc(F)c1. The fourth-order valence-corrected chi connectivity index (χ4v) is 2.02. The van der Waals surface area contributed by atoms with Gasteiger partial charge in [0.15, 0.2) is 0 Å². The number of carbonyl (C=O) groups is 2. The second kappa shape index (κ2) is 5.03. The van der Waals surface area contributed by atoms with Crippen LogP contribution in [-0.2, 0) is 9.59 Å². The fourth-order valence-electron chi connectivity index (χ4n) is 2.02. The highest BCUT2D eigenvalue weighted by molar-refractivity contribution is 5.83. The summed E-state index contributed by atoms with van der Waals surface area (Å²) in [6.45, 7) is 0.295. The number of hydrogen-bond acceptors (Lipinski definition) is 3. The maximum Gasteiger partial charge on any atom is 0.305 e. The summed E-state index contributed by atoms with van der Waals surface area (Å²) in [5, 5.41) is 11.5. The molecule has 1 saturated heterocycles. The molecule has 2 rings (SSSR count). The van der Waals surface area contributed by atoms with Gasteiger partial charge in [0.05, 0.1) is 19.0 Å². The number of rotatable bonds is 3. The second-order valence-corrected chi connectivity index (χ2v) is 4.16. The molecule has 1 heterocycles. The fraction of sp³-hybridized carbons (Fsp3) is 0.333. The highest BCUT2D eigenvalue weighted by Crippen LogP contribution is 2.21. The summed E-state index contributed by atoms with van der Waals surface area (Å²) in [5.74, 6) is -1.55. The van der Waals surface area contributed by atoms with E-state index in [-0.39, 0.29) is 31.5 Å². The van der Waals surface area contributed by atoms with Crippen LogP contribution in [0.3, 0.4) is 0 Å². The molecule has 6 heteroatoms. The number of benzene rings is 1. The Kier molecular flexibility index (Phi) is 3.45. The van der Waals surface area contributed by atoms with E-state index < -0.39 is 11.8 Å². The van der Waals surface area contributed by atoms with Crippen molar-refractivity contribution < 1.29 is 19.1 Å². The molecule has 96 valence electrons. The van der Waals surface area contributed by atoms with Crippen molar-refractivity contribution in [1.82, 2.24) is 5.32 Å². The van der Waals surface area contributed by atoms with Gasteiger partial charge in [0.2, 0.25) is 5.91 Å². The van der Waals surface area contributed by atoms with Gasteiger partial charge >= 0.3 is 5.97 Å². The lowest BCUT2D eigenvalue weighted by Crippen LogP contribution is -2.55. The van der Waals surface area contributed by atoms with Gasteiger partial charge in [-0.2, -0.15) is 0 Å². The van der Waals surface area contributed by atoms with Crippen molar-refractivity contribution in [3.05, 3.63) is 30.1 Å². The van der Waals surface area contributed by atoms with E-state index in [9.17, 15) is 14.0 Å². The Morgan fingerprint density at radius 1 is 1.56 bits per heavy atom. The van der Waals surface area contributed by atoms with Gasteiger partial charge in [-0.25, -0.2) is 4.39 Å². The van der Waals surface area contributed by atoms with Gasteiger partial charge < -0.3 is 15.3 Å². The van der Waals surface area contributed by atoms with Gasteiger partial charge in [0, 0.05) is 12.2 Å². The molecule has 0 radical (unpaired) electrons. The van der Waals surface area contributed by atoms with Crippen LogP contribution < -0.4 is 10.2 Å². The number of aliphatic carboxylic acids is 1. The molecule has 0 saturated carbocycles. The van der Waals surface area contributed by atoms with Crippen LogP contribution in [0.4, 0.5) is 10.1 Å². The zero-order valence-corrected chi connectivity index (χ0v) is 9.60. The van der Waals surface area contributed by atoms with Crippen LogP contribution >= 0.6 is 0 Å². The quantitative estimate of drug-likeness (QED) is 0.826. The number of amides is 1. The van der Waals surface area contributed by atoms with Crippen LogP contribution in [0.25, 0.3) is 0 Å². The maximum atomic E-state index is 13.2. The summed E-state index contributed by atoms with van der Waals surface area (Å²) in [6.07, 6.45) is -0.100. The lowest BCUT2D eigenvalue weighted by Gasteiger charge is -2.36. The topological polar surface area (TPSA) is 69.6 Å². The van der Waals surface area contributed by atoms with Gasteiger partial charge in [-0.3, -0.25) is 9.59 Å². The third-order valence-corrected chi connectivity index (χ3v) is 2.84. The molecule has 0 spiro atoms. The van der Waals surface area contributed by atoms with Gasteiger partial charge in [-0.15, -0.1) is 0 Å². The van der Waals surface area contributed by atoms with Crippen molar-refractivity contribution in [2.45, 2.75) is 12.5 Å². The van der Waals surface area contributed by atoms with E-state index in [1.165, 1.54) is 18.2 Å². The molecule has 5 nitrogen and oxygen atoms in total. The van der Waals surface area contributed by atoms with E-state index in [0.29, 0.717) is 5.69 Å². The Hall–Kier alpha value is -2.11. The zero-order chi connectivity index (χ0) is 13.1. The molecule has 1 aromatic rings. The Balaban J connectivity index is 2.24. The third kappa shape index (κ3) is 2.77. The molecular weight excluding hydrogens is 239 g/mol. The van der Waals surface area contributed by atoms with E-state index in [0.717, 1.165) is 0 Å². The first-order valence-corrected chi connectivity index (χ1v) is 5.57. The molecule has 0 aromatic heterocycles. The number of hydrogen-bond donors (Lipinski definition) is 2.